The molecule has 1 aromatic heterocycles. The van der Waals surface area contributed by atoms with Crippen molar-refractivity contribution < 1.29 is 22.7 Å². The highest BCUT2D eigenvalue weighted by Crippen LogP contribution is 2.31. The van der Waals surface area contributed by atoms with Gasteiger partial charge in [-0.1, -0.05) is 0 Å². The van der Waals surface area contributed by atoms with Gasteiger partial charge in [0.25, 0.3) is 5.91 Å². The van der Waals surface area contributed by atoms with E-state index in [1.54, 1.807) is 31.4 Å². The Morgan fingerprint density at radius 3 is 2.64 bits per heavy atom. The molecule has 2 heterocycles. The molecule has 1 aliphatic heterocycles. The standard InChI is InChI=1S/C16H19N3O5S/c1-23-9-7-17-15(20)14-13(11-3-5-12(24-2)6-4-11)18-16-19(14)8-10-25(16,21)22/h3-6H,7-10H2,1-2H3,(H,17,20). The van der Waals surface area contributed by atoms with Crippen molar-refractivity contribution in [2.24, 2.45) is 0 Å². The van der Waals surface area contributed by atoms with Gasteiger partial charge in [0.15, 0.2) is 0 Å². The first-order chi connectivity index (χ1) is 12.0. The Hall–Kier alpha value is -2.39. The molecular formula is C16H19N3O5S. The number of methoxy groups -OCH3 is 2. The number of imidazole rings is 1. The Morgan fingerprint density at radius 2 is 2.00 bits per heavy atom. The third kappa shape index (κ3) is 3.24. The summed E-state index contributed by atoms with van der Waals surface area (Å²) in [4.78, 5) is 16.9. The van der Waals surface area contributed by atoms with E-state index in [1.165, 1.54) is 11.7 Å². The fraction of sp³-hybridized carbons (Fsp3) is 0.375. The molecule has 0 saturated heterocycles. The number of hydrogen-bond acceptors (Lipinski definition) is 6. The van der Waals surface area contributed by atoms with Crippen LogP contribution in [0.3, 0.4) is 0 Å². The van der Waals surface area contributed by atoms with Crippen LogP contribution in [0.1, 0.15) is 10.5 Å². The van der Waals surface area contributed by atoms with Crippen LogP contribution in [-0.4, -0.2) is 57.0 Å². The Morgan fingerprint density at radius 1 is 1.28 bits per heavy atom. The summed E-state index contributed by atoms with van der Waals surface area (Å²) in [5, 5.41) is 2.67. The van der Waals surface area contributed by atoms with E-state index in [1.807, 2.05) is 0 Å². The summed E-state index contributed by atoms with van der Waals surface area (Å²) in [5.74, 6) is 0.240. The van der Waals surface area contributed by atoms with Gasteiger partial charge in [-0.3, -0.25) is 4.79 Å². The zero-order valence-corrected chi connectivity index (χ0v) is 14.8. The molecule has 9 heteroatoms. The second kappa shape index (κ2) is 6.85. The topological polar surface area (TPSA) is 99.5 Å². The third-order valence-corrected chi connectivity index (χ3v) is 5.55. The van der Waals surface area contributed by atoms with E-state index in [9.17, 15) is 13.2 Å². The number of aromatic nitrogens is 2. The van der Waals surface area contributed by atoms with Gasteiger partial charge >= 0.3 is 0 Å². The van der Waals surface area contributed by atoms with Gasteiger partial charge in [-0.2, -0.15) is 0 Å². The molecule has 0 spiro atoms. The summed E-state index contributed by atoms with van der Waals surface area (Å²) in [7, 11) is -0.368. The summed E-state index contributed by atoms with van der Waals surface area (Å²) in [5.41, 5.74) is 1.24. The van der Waals surface area contributed by atoms with Gasteiger partial charge in [0.05, 0.1) is 19.5 Å². The van der Waals surface area contributed by atoms with Crippen molar-refractivity contribution in [2.75, 3.05) is 33.1 Å². The van der Waals surface area contributed by atoms with Gasteiger partial charge in [0, 0.05) is 25.8 Å². The Bertz CT molecular complexity index is 887. The van der Waals surface area contributed by atoms with Crippen molar-refractivity contribution in [1.29, 1.82) is 0 Å². The smallest absolute Gasteiger partial charge is 0.270 e. The largest absolute Gasteiger partial charge is 0.497 e. The van der Waals surface area contributed by atoms with E-state index in [-0.39, 0.29) is 29.1 Å². The van der Waals surface area contributed by atoms with E-state index < -0.39 is 9.84 Å². The number of ether oxygens (including phenoxy) is 2. The van der Waals surface area contributed by atoms with Crippen molar-refractivity contribution in [1.82, 2.24) is 14.9 Å². The lowest BCUT2D eigenvalue weighted by Gasteiger charge is -2.09. The first kappa shape index (κ1) is 17.4. The number of nitrogens with one attached hydrogen (secondary N) is 1. The minimum Gasteiger partial charge on any atom is -0.497 e. The average Bonchev–Trinajstić information content (AvgIpc) is 3.13. The maximum Gasteiger partial charge on any atom is 0.270 e. The van der Waals surface area contributed by atoms with Gasteiger partial charge < -0.3 is 19.4 Å². The van der Waals surface area contributed by atoms with Gasteiger partial charge in [0.1, 0.15) is 17.1 Å². The van der Waals surface area contributed by atoms with Crippen LogP contribution in [0, 0.1) is 0 Å². The van der Waals surface area contributed by atoms with Crippen LogP contribution >= 0.6 is 0 Å². The Kier molecular flexibility index (Phi) is 4.78. The van der Waals surface area contributed by atoms with Crippen LogP contribution in [-0.2, 0) is 21.1 Å². The number of amides is 1. The second-order valence-electron chi connectivity index (χ2n) is 5.54. The molecule has 134 valence electrons. The quantitative estimate of drug-likeness (QED) is 0.758. The van der Waals surface area contributed by atoms with Crippen LogP contribution in [0.5, 0.6) is 5.75 Å². The van der Waals surface area contributed by atoms with E-state index in [4.69, 9.17) is 9.47 Å². The molecule has 0 bridgehead atoms. The summed E-state index contributed by atoms with van der Waals surface area (Å²) in [6.45, 7) is 0.904. The first-order valence-electron chi connectivity index (χ1n) is 7.73. The predicted molar refractivity (Wildman–Crippen MR) is 90.5 cm³/mol. The minimum atomic E-state index is -3.46. The minimum absolute atomic E-state index is 0.0451. The average molecular weight is 365 g/mol. The maximum atomic E-state index is 12.6. The molecule has 1 amide bonds. The van der Waals surface area contributed by atoms with Gasteiger partial charge in [-0.25, -0.2) is 13.4 Å². The number of benzene rings is 1. The Balaban J connectivity index is 2.06. The van der Waals surface area contributed by atoms with Gasteiger partial charge in [-0.05, 0) is 24.3 Å². The predicted octanol–water partition coefficient (Wildman–Crippen LogP) is 0.722. The summed E-state index contributed by atoms with van der Waals surface area (Å²) in [6, 6.07) is 6.96. The van der Waals surface area contributed by atoms with Crippen molar-refractivity contribution in [3.8, 4) is 17.0 Å². The normalized spacial score (nSPS) is 15.0. The zero-order chi connectivity index (χ0) is 18.0. The SMILES string of the molecule is COCCNC(=O)c1c(-c2ccc(OC)cc2)nc2n1CCS2(=O)=O. The second-order valence-corrected chi connectivity index (χ2v) is 7.54. The molecule has 0 atom stereocenters. The number of carbonyl (C=O) groups excluding carboxylic acids is 1. The number of carbonyl (C=O) groups is 1. The van der Waals surface area contributed by atoms with Crippen molar-refractivity contribution >= 4 is 15.7 Å². The van der Waals surface area contributed by atoms with Crippen LogP contribution in [0.4, 0.5) is 0 Å². The lowest BCUT2D eigenvalue weighted by Crippen LogP contribution is -2.29. The highest BCUT2D eigenvalue weighted by atomic mass is 32.2. The van der Waals surface area contributed by atoms with Crippen LogP contribution in [0.15, 0.2) is 29.4 Å². The zero-order valence-electron chi connectivity index (χ0n) is 14.0. The molecule has 25 heavy (non-hydrogen) atoms. The fourth-order valence-corrected chi connectivity index (χ4v) is 4.06. The molecule has 1 aromatic carbocycles. The molecule has 1 N–H and O–H groups in total. The molecule has 0 radical (unpaired) electrons. The molecule has 0 unspecified atom stereocenters. The van der Waals surface area contributed by atoms with E-state index >= 15 is 0 Å². The molecule has 3 rings (SSSR count). The van der Waals surface area contributed by atoms with Crippen LogP contribution in [0.25, 0.3) is 11.3 Å². The molecule has 0 saturated carbocycles. The number of hydrogen-bond donors (Lipinski definition) is 1. The molecule has 2 aromatic rings. The molecule has 8 nitrogen and oxygen atoms in total. The molecule has 1 aliphatic rings. The summed E-state index contributed by atoms with van der Waals surface area (Å²) in [6.07, 6.45) is 0. The Labute approximate surface area is 145 Å². The van der Waals surface area contributed by atoms with E-state index in [0.29, 0.717) is 30.2 Å². The van der Waals surface area contributed by atoms with Crippen molar-refractivity contribution in [3.63, 3.8) is 0 Å². The first-order valence-corrected chi connectivity index (χ1v) is 9.38. The lowest BCUT2D eigenvalue weighted by atomic mass is 10.1. The maximum absolute atomic E-state index is 12.6. The highest BCUT2D eigenvalue weighted by molar-refractivity contribution is 7.91. The van der Waals surface area contributed by atoms with Crippen LogP contribution < -0.4 is 10.1 Å². The van der Waals surface area contributed by atoms with Crippen molar-refractivity contribution in [2.45, 2.75) is 11.7 Å². The summed E-state index contributed by atoms with van der Waals surface area (Å²) >= 11 is 0. The summed E-state index contributed by atoms with van der Waals surface area (Å²) < 4.78 is 35.9. The molecule has 0 aliphatic carbocycles. The van der Waals surface area contributed by atoms with Gasteiger partial charge in [-0.15, -0.1) is 0 Å². The van der Waals surface area contributed by atoms with Crippen molar-refractivity contribution in [3.05, 3.63) is 30.0 Å². The monoisotopic (exact) mass is 365 g/mol. The number of nitrogens with zero attached hydrogens (tertiary/aromatic N) is 2. The highest BCUT2D eigenvalue weighted by Gasteiger charge is 2.35. The lowest BCUT2D eigenvalue weighted by molar-refractivity contribution is 0.0928. The van der Waals surface area contributed by atoms with E-state index in [0.717, 1.165) is 0 Å². The van der Waals surface area contributed by atoms with Crippen LogP contribution in [0.2, 0.25) is 0 Å². The van der Waals surface area contributed by atoms with E-state index in [2.05, 4.69) is 10.3 Å². The third-order valence-electron chi connectivity index (χ3n) is 3.96. The number of fused-ring (bicyclic) bond motifs is 1. The number of rotatable bonds is 6. The fourth-order valence-electron chi connectivity index (χ4n) is 2.71. The van der Waals surface area contributed by atoms with Gasteiger partial charge in [0.2, 0.25) is 15.0 Å². The number of sulfone groups is 1. The molecule has 0 fully saturated rings. The molecular weight excluding hydrogens is 346 g/mol.